The van der Waals surface area contributed by atoms with Crippen molar-refractivity contribution in [3.63, 3.8) is 0 Å². The summed E-state index contributed by atoms with van der Waals surface area (Å²) in [5.41, 5.74) is 8.41. The Morgan fingerprint density at radius 2 is 2.03 bits per heavy atom. The van der Waals surface area contributed by atoms with E-state index in [4.69, 9.17) is 4.98 Å². The number of aryl methyl sites for hydroxylation is 1. The van der Waals surface area contributed by atoms with E-state index < -0.39 is 5.82 Å². The number of amides is 1. The van der Waals surface area contributed by atoms with Gasteiger partial charge in [-0.05, 0) is 56.5 Å². The number of aromatic nitrogens is 4. The van der Waals surface area contributed by atoms with E-state index in [0.717, 1.165) is 35.4 Å². The highest BCUT2D eigenvalue weighted by Crippen LogP contribution is 2.27. The topological polar surface area (TPSA) is 112 Å². The Kier molecular flexibility index (Phi) is 6.35. The van der Waals surface area contributed by atoms with E-state index >= 15 is 0 Å². The lowest BCUT2D eigenvalue weighted by Gasteiger charge is -2.39. The van der Waals surface area contributed by atoms with E-state index in [1.165, 1.54) is 10.9 Å². The van der Waals surface area contributed by atoms with Gasteiger partial charge >= 0.3 is 0 Å². The van der Waals surface area contributed by atoms with Crippen molar-refractivity contribution in [3.05, 3.63) is 59.8 Å². The van der Waals surface area contributed by atoms with E-state index in [1.807, 2.05) is 32.0 Å². The molecule has 0 radical (unpaired) electrons. The fraction of sp³-hybridized carbons (Fsp3) is 0.417. The quantitative estimate of drug-likeness (QED) is 0.408. The molecule has 2 saturated heterocycles. The molecule has 0 aliphatic carbocycles. The molecule has 2 unspecified atom stereocenters. The Labute approximate surface area is 203 Å². The summed E-state index contributed by atoms with van der Waals surface area (Å²) in [4.78, 5) is 24.0. The van der Waals surface area contributed by atoms with Gasteiger partial charge in [-0.3, -0.25) is 10.2 Å². The molecule has 3 atom stereocenters. The molecule has 0 bridgehead atoms. The SMILES string of the molecule is Cc1cc(NC2CC(C)NN2)nc(N2CC(C(=O)N[C@@H](C)c3ccc(-n4cc(F)cn4)nc3)C2)c1. The molecule has 35 heavy (non-hydrogen) atoms. The molecule has 3 aromatic heterocycles. The van der Waals surface area contributed by atoms with Crippen molar-refractivity contribution < 1.29 is 9.18 Å². The molecule has 10 nitrogen and oxygen atoms in total. The summed E-state index contributed by atoms with van der Waals surface area (Å²) in [6.45, 7) is 7.34. The highest BCUT2D eigenvalue weighted by Gasteiger charge is 2.34. The van der Waals surface area contributed by atoms with Crippen LogP contribution in [0.5, 0.6) is 0 Å². The van der Waals surface area contributed by atoms with Gasteiger partial charge in [-0.15, -0.1) is 0 Å². The molecule has 5 rings (SSSR count). The van der Waals surface area contributed by atoms with Crippen LogP contribution in [0.1, 0.15) is 37.4 Å². The molecule has 0 saturated carbocycles. The van der Waals surface area contributed by atoms with Crippen LogP contribution in [-0.2, 0) is 4.79 Å². The van der Waals surface area contributed by atoms with Crippen molar-refractivity contribution >= 4 is 17.5 Å². The Balaban J connectivity index is 1.14. The van der Waals surface area contributed by atoms with E-state index in [0.29, 0.717) is 24.9 Å². The minimum absolute atomic E-state index is 0.00759. The Morgan fingerprint density at radius 3 is 2.69 bits per heavy atom. The predicted molar refractivity (Wildman–Crippen MR) is 130 cm³/mol. The van der Waals surface area contributed by atoms with Crippen LogP contribution in [0.4, 0.5) is 16.0 Å². The summed E-state index contributed by atoms with van der Waals surface area (Å²) in [5, 5.41) is 10.4. The number of carbonyl (C=O) groups excluding carboxylic acids is 1. The normalized spacial score (nSPS) is 21.0. The zero-order valence-corrected chi connectivity index (χ0v) is 20.0. The first-order valence-corrected chi connectivity index (χ1v) is 11.8. The lowest BCUT2D eigenvalue weighted by molar-refractivity contribution is -0.126. The van der Waals surface area contributed by atoms with E-state index in [9.17, 15) is 9.18 Å². The van der Waals surface area contributed by atoms with Crippen LogP contribution in [0.2, 0.25) is 0 Å². The number of carbonyl (C=O) groups is 1. The molecule has 2 aliphatic rings. The van der Waals surface area contributed by atoms with Gasteiger partial charge in [0.2, 0.25) is 5.91 Å². The number of hydrogen-bond donors (Lipinski definition) is 4. The summed E-state index contributed by atoms with van der Waals surface area (Å²) in [7, 11) is 0. The average molecular weight is 480 g/mol. The number of nitrogens with one attached hydrogen (secondary N) is 4. The maximum absolute atomic E-state index is 13.2. The van der Waals surface area contributed by atoms with Crippen molar-refractivity contribution in [2.24, 2.45) is 5.92 Å². The highest BCUT2D eigenvalue weighted by atomic mass is 19.1. The van der Waals surface area contributed by atoms with Gasteiger partial charge < -0.3 is 15.5 Å². The van der Waals surface area contributed by atoms with Gasteiger partial charge in [0.05, 0.1) is 30.5 Å². The second-order valence-electron chi connectivity index (χ2n) is 9.40. The molecule has 4 N–H and O–H groups in total. The smallest absolute Gasteiger partial charge is 0.227 e. The minimum atomic E-state index is -0.419. The third-order valence-corrected chi connectivity index (χ3v) is 6.36. The minimum Gasteiger partial charge on any atom is -0.355 e. The molecule has 184 valence electrons. The van der Waals surface area contributed by atoms with Gasteiger partial charge in [-0.25, -0.2) is 24.5 Å². The zero-order valence-electron chi connectivity index (χ0n) is 20.0. The van der Waals surface area contributed by atoms with Crippen molar-refractivity contribution in [2.45, 2.75) is 45.4 Å². The number of nitrogens with zero attached hydrogens (tertiary/aromatic N) is 5. The van der Waals surface area contributed by atoms with Crippen molar-refractivity contribution in [1.82, 2.24) is 35.9 Å². The zero-order chi connectivity index (χ0) is 24.5. The van der Waals surface area contributed by atoms with Crippen molar-refractivity contribution in [2.75, 3.05) is 23.3 Å². The van der Waals surface area contributed by atoms with E-state index in [2.05, 4.69) is 43.4 Å². The molecular formula is C24H30FN9O. The van der Waals surface area contributed by atoms with Gasteiger partial charge in [-0.1, -0.05) is 6.07 Å². The van der Waals surface area contributed by atoms with Gasteiger partial charge in [0.1, 0.15) is 11.6 Å². The number of pyridine rings is 2. The predicted octanol–water partition coefficient (Wildman–Crippen LogP) is 2.05. The standard InChI is InChI=1S/C24H30FN9O/c1-14-6-20(29-21-8-15(2)31-32-21)30-23(7-14)33-11-18(12-33)24(35)28-16(3)17-4-5-22(26-9-17)34-13-19(25)10-27-34/h4-7,9-10,13,15-16,18,21,31-32H,8,11-12H2,1-3H3,(H,28,35)(H,29,30)/t15?,16-,21?/m0/s1. The molecule has 3 aromatic rings. The molecule has 1 amide bonds. The molecule has 11 heteroatoms. The summed E-state index contributed by atoms with van der Waals surface area (Å²) < 4.78 is 14.5. The first kappa shape index (κ1) is 23.2. The number of anilines is 2. The largest absolute Gasteiger partial charge is 0.355 e. The van der Waals surface area contributed by atoms with Gasteiger partial charge in [-0.2, -0.15) is 5.10 Å². The molecular weight excluding hydrogens is 449 g/mol. The molecule has 0 spiro atoms. The first-order chi connectivity index (χ1) is 16.8. The van der Waals surface area contributed by atoms with Gasteiger partial charge in [0.25, 0.3) is 0 Å². The Bertz CT molecular complexity index is 1190. The van der Waals surface area contributed by atoms with Crippen LogP contribution in [0.15, 0.2) is 42.9 Å². The lowest BCUT2D eigenvalue weighted by Crippen LogP contribution is -2.54. The molecule has 2 aliphatic heterocycles. The second kappa shape index (κ2) is 9.59. The first-order valence-electron chi connectivity index (χ1n) is 11.8. The summed E-state index contributed by atoms with van der Waals surface area (Å²) >= 11 is 0. The molecule has 2 fully saturated rings. The summed E-state index contributed by atoms with van der Waals surface area (Å²) in [6, 6.07) is 7.90. The van der Waals surface area contributed by atoms with Crippen LogP contribution in [0.3, 0.4) is 0 Å². The van der Waals surface area contributed by atoms with Gasteiger partial charge in [0, 0.05) is 25.3 Å². The van der Waals surface area contributed by atoms with Crippen LogP contribution in [0, 0.1) is 18.7 Å². The highest BCUT2D eigenvalue weighted by molar-refractivity contribution is 5.82. The Morgan fingerprint density at radius 1 is 1.20 bits per heavy atom. The number of rotatable bonds is 7. The third-order valence-electron chi connectivity index (χ3n) is 6.36. The van der Waals surface area contributed by atoms with Crippen LogP contribution in [-0.4, -0.2) is 51.0 Å². The van der Waals surface area contributed by atoms with Crippen molar-refractivity contribution in [3.8, 4) is 5.82 Å². The molecule has 5 heterocycles. The van der Waals surface area contributed by atoms with Gasteiger partial charge in [0.15, 0.2) is 11.6 Å². The Hall–Kier alpha value is -3.57. The second-order valence-corrected chi connectivity index (χ2v) is 9.40. The molecule has 0 aromatic carbocycles. The lowest BCUT2D eigenvalue weighted by atomic mass is 9.98. The number of hydrazine groups is 1. The number of halogens is 1. The number of hydrogen-bond acceptors (Lipinski definition) is 8. The van der Waals surface area contributed by atoms with Crippen LogP contribution >= 0.6 is 0 Å². The monoisotopic (exact) mass is 479 g/mol. The van der Waals surface area contributed by atoms with Crippen LogP contribution < -0.4 is 26.4 Å². The fourth-order valence-electron chi connectivity index (χ4n) is 4.33. The maximum Gasteiger partial charge on any atom is 0.227 e. The third kappa shape index (κ3) is 5.25. The van der Waals surface area contributed by atoms with E-state index in [-0.39, 0.29) is 24.0 Å². The fourth-order valence-corrected chi connectivity index (χ4v) is 4.33. The maximum atomic E-state index is 13.2. The van der Waals surface area contributed by atoms with Crippen molar-refractivity contribution in [1.29, 1.82) is 0 Å². The van der Waals surface area contributed by atoms with Crippen LogP contribution in [0.25, 0.3) is 5.82 Å². The summed E-state index contributed by atoms with van der Waals surface area (Å²) in [6.07, 6.45) is 5.17. The van der Waals surface area contributed by atoms with E-state index in [1.54, 1.807) is 12.3 Å². The summed E-state index contributed by atoms with van der Waals surface area (Å²) in [5.74, 6) is 1.70. The average Bonchev–Trinajstić information content (AvgIpc) is 3.40.